The molecular formula is C29H56O2. The topological polar surface area (TPSA) is 37.3 Å². The zero-order chi connectivity index (χ0) is 23.0. The second kappa shape index (κ2) is 16.1. The Hall–Kier alpha value is -0.530. The molecule has 0 amide bonds. The van der Waals surface area contributed by atoms with Crippen molar-refractivity contribution in [3.63, 3.8) is 0 Å². The Morgan fingerprint density at radius 1 is 0.710 bits per heavy atom. The first-order valence-electron chi connectivity index (χ1n) is 14.1. The largest absolute Gasteiger partial charge is 0.481 e. The molecule has 0 heterocycles. The van der Waals surface area contributed by atoms with Gasteiger partial charge in [-0.2, -0.15) is 0 Å². The van der Waals surface area contributed by atoms with E-state index < -0.39 is 11.4 Å². The molecule has 2 nitrogen and oxygen atoms in total. The van der Waals surface area contributed by atoms with E-state index in [0.29, 0.717) is 5.92 Å². The normalized spacial score (nSPS) is 21.8. The van der Waals surface area contributed by atoms with Crippen molar-refractivity contribution in [1.29, 1.82) is 0 Å². The molecule has 2 atom stereocenters. The number of aliphatic carboxylic acids is 1. The van der Waals surface area contributed by atoms with E-state index in [1.165, 1.54) is 109 Å². The summed E-state index contributed by atoms with van der Waals surface area (Å²) in [4.78, 5) is 12.6. The Bertz CT molecular complexity index is 456. The third-order valence-electron chi connectivity index (χ3n) is 8.43. The number of carbonyl (C=O) groups is 1. The van der Waals surface area contributed by atoms with Crippen LogP contribution in [-0.4, -0.2) is 11.1 Å². The second-order valence-electron chi connectivity index (χ2n) is 11.4. The Morgan fingerprint density at radius 3 is 1.55 bits per heavy atom. The lowest BCUT2D eigenvalue weighted by Gasteiger charge is -2.49. The highest BCUT2D eigenvalue weighted by Crippen LogP contribution is 2.54. The van der Waals surface area contributed by atoms with Gasteiger partial charge in [0, 0.05) is 0 Å². The molecule has 1 saturated carbocycles. The van der Waals surface area contributed by atoms with Gasteiger partial charge in [-0.1, -0.05) is 143 Å². The zero-order valence-corrected chi connectivity index (χ0v) is 21.8. The van der Waals surface area contributed by atoms with Crippen LogP contribution in [0.2, 0.25) is 0 Å². The molecule has 0 saturated heterocycles. The molecule has 0 aromatic rings. The third kappa shape index (κ3) is 10.3. The lowest BCUT2D eigenvalue weighted by Crippen LogP contribution is -2.48. The van der Waals surface area contributed by atoms with E-state index in [-0.39, 0.29) is 5.41 Å². The molecule has 2 heteroatoms. The average Bonchev–Trinajstić information content (AvgIpc) is 2.73. The molecule has 1 aliphatic rings. The van der Waals surface area contributed by atoms with Crippen molar-refractivity contribution in [3.8, 4) is 0 Å². The standard InChI is InChI=1S/C29H56O2/c1-5-7-9-11-13-14-16-18-22-26(21-17-15-12-10-8-6-2)25-29(27(30)31)24-20-19-23-28(29,3)4/h26H,5-25H2,1-4H3,(H,30,31). The van der Waals surface area contributed by atoms with Crippen LogP contribution in [0.3, 0.4) is 0 Å². The van der Waals surface area contributed by atoms with Gasteiger partial charge in [-0.05, 0) is 30.6 Å². The summed E-state index contributed by atoms with van der Waals surface area (Å²) in [6.45, 7) is 9.02. The van der Waals surface area contributed by atoms with E-state index in [0.717, 1.165) is 25.7 Å². The third-order valence-corrected chi connectivity index (χ3v) is 8.43. The van der Waals surface area contributed by atoms with Crippen LogP contribution in [-0.2, 0) is 4.79 Å². The van der Waals surface area contributed by atoms with Crippen molar-refractivity contribution in [2.75, 3.05) is 0 Å². The Balaban J connectivity index is 2.58. The lowest BCUT2D eigenvalue weighted by molar-refractivity contribution is -0.163. The van der Waals surface area contributed by atoms with Crippen molar-refractivity contribution in [2.45, 2.75) is 163 Å². The number of carboxylic acid groups (broad SMARTS) is 1. The van der Waals surface area contributed by atoms with Crippen LogP contribution >= 0.6 is 0 Å². The first-order chi connectivity index (χ1) is 14.9. The van der Waals surface area contributed by atoms with Crippen LogP contribution in [0.15, 0.2) is 0 Å². The highest BCUT2D eigenvalue weighted by Gasteiger charge is 2.52. The SMILES string of the molecule is CCCCCCCCCCC(CCCCCCCC)CC1(C(=O)O)CCCCC1(C)C. The number of rotatable bonds is 19. The molecule has 31 heavy (non-hydrogen) atoms. The molecule has 0 radical (unpaired) electrons. The van der Waals surface area contributed by atoms with Crippen molar-refractivity contribution >= 4 is 5.97 Å². The molecule has 1 rings (SSSR count). The summed E-state index contributed by atoms with van der Waals surface area (Å²) in [6.07, 6.45) is 26.5. The summed E-state index contributed by atoms with van der Waals surface area (Å²) in [5.41, 5.74) is -0.575. The van der Waals surface area contributed by atoms with Gasteiger partial charge in [0.25, 0.3) is 0 Å². The lowest BCUT2D eigenvalue weighted by atomic mass is 9.54. The van der Waals surface area contributed by atoms with Gasteiger partial charge in [-0.15, -0.1) is 0 Å². The fourth-order valence-electron chi connectivity index (χ4n) is 6.05. The van der Waals surface area contributed by atoms with Crippen molar-refractivity contribution in [3.05, 3.63) is 0 Å². The van der Waals surface area contributed by atoms with Crippen LogP contribution in [0, 0.1) is 16.7 Å². The molecule has 1 N–H and O–H groups in total. The summed E-state index contributed by atoms with van der Waals surface area (Å²) in [7, 11) is 0. The molecule has 0 bridgehead atoms. The number of carboxylic acids is 1. The number of hydrogen-bond donors (Lipinski definition) is 1. The van der Waals surface area contributed by atoms with Gasteiger partial charge in [-0.3, -0.25) is 4.79 Å². The van der Waals surface area contributed by atoms with Crippen molar-refractivity contribution in [1.82, 2.24) is 0 Å². The Morgan fingerprint density at radius 2 is 1.13 bits per heavy atom. The second-order valence-corrected chi connectivity index (χ2v) is 11.4. The van der Waals surface area contributed by atoms with Crippen LogP contribution < -0.4 is 0 Å². The van der Waals surface area contributed by atoms with Crippen molar-refractivity contribution < 1.29 is 9.90 Å². The maximum absolute atomic E-state index is 12.6. The predicted octanol–water partition coefficient (Wildman–Crippen LogP) is 9.95. The first kappa shape index (κ1) is 28.5. The Labute approximate surface area is 195 Å². The average molecular weight is 437 g/mol. The zero-order valence-electron chi connectivity index (χ0n) is 21.8. The van der Waals surface area contributed by atoms with Crippen LogP contribution in [0.1, 0.15) is 163 Å². The summed E-state index contributed by atoms with van der Waals surface area (Å²) in [5.74, 6) is 0.0841. The van der Waals surface area contributed by atoms with Crippen LogP contribution in [0.4, 0.5) is 0 Å². The van der Waals surface area contributed by atoms with E-state index in [4.69, 9.17) is 0 Å². The van der Waals surface area contributed by atoms with E-state index in [2.05, 4.69) is 27.7 Å². The quantitative estimate of drug-likeness (QED) is 0.204. The van der Waals surface area contributed by atoms with Crippen LogP contribution in [0.5, 0.6) is 0 Å². The van der Waals surface area contributed by atoms with Gasteiger partial charge in [0.05, 0.1) is 5.41 Å². The summed E-state index contributed by atoms with van der Waals surface area (Å²) >= 11 is 0. The van der Waals surface area contributed by atoms with Gasteiger partial charge in [0.2, 0.25) is 0 Å². The molecule has 0 spiro atoms. The van der Waals surface area contributed by atoms with Gasteiger partial charge in [0.15, 0.2) is 0 Å². The molecule has 2 unspecified atom stereocenters. The first-order valence-corrected chi connectivity index (χ1v) is 14.1. The summed E-state index contributed by atoms with van der Waals surface area (Å²) in [6, 6.07) is 0. The minimum Gasteiger partial charge on any atom is -0.481 e. The summed E-state index contributed by atoms with van der Waals surface area (Å²) in [5, 5.41) is 10.4. The molecule has 0 aromatic carbocycles. The minimum absolute atomic E-state index is 0.0737. The molecule has 0 aliphatic heterocycles. The number of unbranched alkanes of at least 4 members (excludes halogenated alkanes) is 12. The van der Waals surface area contributed by atoms with E-state index >= 15 is 0 Å². The highest BCUT2D eigenvalue weighted by atomic mass is 16.4. The maximum Gasteiger partial charge on any atom is 0.310 e. The van der Waals surface area contributed by atoms with E-state index in [1.807, 2.05) is 0 Å². The van der Waals surface area contributed by atoms with Gasteiger partial charge < -0.3 is 5.11 Å². The molecule has 184 valence electrons. The molecule has 1 fully saturated rings. The predicted molar refractivity (Wildman–Crippen MR) is 136 cm³/mol. The highest BCUT2D eigenvalue weighted by molar-refractivity contribution is 5.76. The molecular weight excluding hydrogens is 380 g/mol. The summed E-state index contributed by atoms with van der Waals surface area (Å²) < 4.78 is 0. The smallest absolute Gasteiger partial charge is 0.310 e. The van der Waals surface area contributed by atoms with Gasteiger partial charge in [-0.25, -0.2) is 0 Å². The number of hydrogen-bond acceptors (Lipinski definition) is 1. The maximum atomic E-state index is 12.6. The Kier molecular flexibility index (Phi) is 14.8. The van der Waals surface area contributed by atoms with Gasteiger partial charge in [0.1, 0.15) is 0 Å². The fourth-order valence-corrected chi connectivity index (χ4v) is 6.05. The fraction of sp³-hybridized carbons (Fsp3) is 0.966. The monoisotopic (exact) mass is 436 g/mol. The minimum atomic E-state index is -0.513. The molecule has 0 aromatic heterocycles. The van der Waals surface area contributed by atoms with E-state index in [9.17, 15) is 9.90 Å². The van der Waals surface area contributed by atoms with E-state index in [1.54, 1.807) is 0 Å². The molecule has 1 aliphatic carbocycles. The van der Waals surface area contributed by atoms with Crippen LogP contribution in [0.25, 0.3) is 0 Å². The van der Waals surface area contributed by atoms with Gasteiger partial charge >= 0.3 is 5.97 Å². The van der Waals surface area contributed by atoms with Crippen molar-refractivity contribution in [2.24, 2.45) is 16.7 Å².